The number of thiol groups is 1. The number of aromatic amines is 1. The van der Waals surface area contributed by atoms with Crippen molar-refractivity contribution in [1.29, 1.82) is 0 Å². The Kier molecular flexibility index (Phi) is 4.18. The van der Waals surface area contributed by atoms with E-state index in [4.69, 9.17) is 5.11 Å². The van der Waals surface area contributed by atoms with Crippen LogP contribution in [0.25, 0.3) is 0 Å². The van der Waals surface area contributed by atoms with E-state index in [1.807, 2.05) is 0 Å². The summed E-state index contributed by atoms with van der Waals surface area (Å²) in [4.78, 5) is 35.3. The van der Waals surface area contributed by atoms with Gasteiger partial charge in [0, 0.05) is 6.54 Å². The molecule has 1 rings (SSSR count). The molecular formula is C8H10N2O5S. The minimum Gasteiger partial charge on any atom is -0.449 e. The molecule has 1 aromatic heterocycles. The molecule has 0 spiro atoms. The van der Waals surface area contributed by atoms with Gasteiger partial charge in [0.1, 0.15) is 0 Å². The van der Waals surface area contributed by atoms with Gasteiger partial charge in [0.05, 0.1) is 6.20 Å². The number of aromatic nitrogens is 2. The molecule has 1 aromatic rings. The third-order valence-electron chi connectivity index (χ3n) is 1.76. The van der Waals surface area contributed by atoms with E-state index in [2.05, 4.69) is 22.3 Å². The van der Waals surface area contributed by atoms with Crippen LogP contribution in [0.4, 0.5) is 4.79 Å². The molecule has 88 valence electrons. The lowest BCUT2D eigenvalue weighted by Gasteiger charge is -2.04. The van der Waals surface area contributed by atoms with Crippen molar-refractivity contribution in [1.82, 2.24) is 9.55 Å². The van der Waals surface area contributed by atoms with E-state index in [-0.39, 0.29) is 6.54 Å². The van der Waals surface area contributed by atoms with Crippen LogP contribution in [0.3, 0.4) is 0 Å². The van der Waals surface area contributed by atoms with Crippen molar-refractivity contribution in [3.8, 4) is 5.75 Å². The molecule has 0 unspecified atom stereocenters. The first-order chi connectivity index (χ1) is 7.56. The van der Waals surface area contributed by atoms with Crippen molar-refractivity contribution in [2.75, 3.05) is 5.75 Å². The molecule has 0 radical (unpaired) electrons. The smallest absolute Gasteiger partial charge is 0.449 e. The largest absolute Gasteiger partial charge is 0.511 e. The summed E-state index contributed by atoms with van der Waals surface area (Å²) in [6.07, 6.45) is -0.164. The molecule has 1 heterocycles. The quantitative estimate of drug-likeness (QED) is 0.509. The molecule has 16 heavy (non-hydrogen) atoms. The Labute approximate surface area is 95.1 Å². The molecule has 0 aromatic carbocycles. The average molecular weight is 246 g/mol. The maximum Gasteiger partial charge on any atom is 0.511 e. The van der Waals surface area contributed by atoms with Crippen LogP contribution in [0, 0.1) is 0 Å². The van der Waals surface area contributed by atoms with Gasteiger partial charge in [0.25, 0.3) is 5.56 Å². The van der Waals surface area contributed by atoms with Crippen LogP contribution in [-0.4, -0.2) is 26.6 Å². The van der Waals surface area contributed by atoms with Crippen LogP contribution >= 0.6 is 12.6 Å². The number of hydrogen-bond donors (Lipinski definition) is 3. The van der Waals surface area contributed by atoms with E-state index in [9.17, 15) is 14.4 Å². The second-order valence-corrected chi connectivity index (χ2v) is 3.31. The molecule has 0 aliphatic heterocycles. The normalized spacial score (nSPS) is 10.1. The zero-order chi connectivity index (χ0) is 12.1. The number of carboxylic acid groups (broad SMARTS) is 1. The highest BCUT2D eigenvalue weighted by molar-refractivity contribution is 7.80. The van der Waals surface area contributed by atoms with Crippen molar-refractivity contribution in [2.45, 2.75) is 13.0 Å². The minimum atomic E-state index is -1.61. The first kappa shape index (κ1) is 12.4. The van der Waals surface area contributed by atoms with Crippen LogP contribution in [-0.2, 0) is 6.54 Å². The van der Waals surface area contributed by atoms with Gasteiger partial charge in [-0.05, 0) is 12.2 Å². The van der Waals surface area contributed by atoms with Crippen molar-refractivity contribution >= 4 is 18.8 Å². The third-order valence-corrected chi connectivity index (χ3v) is 2.08. The second kappa shape index (κ2) is 5.40. The third kappa shape index (κ3) is 2.89. The Bertz CT molecular complexity index is 492. The Morgan fingerprint density at radius 2 is 2.25 bits per heavy atom. The maximum absolute atomic E-state index is 11.6. The van der Waals surface area contributed by atoms with Gasteiger partial charge < -0.3 is 14.8 Å². The summed E-state index contributed by atoms with van der Waals surface area (Å²) in [5.41, 5.74) is -1.38. The number of hydrogen-bond acceptors (Lipinski definition) is 5. The molecular weight excluding hydrogens is 236 g/mol. The molecule has 7 nitrogen and oxygen atoms in total. The Morgan fingerprint density at radius 1 is 1.56 bits per heavy atom. The van der Waals surface area contributed by atoms with E-state index in [1.54, 1.807) is 0 Å². The van der Waals surface area contributed by atoms with E-state index < -0.39 is 23.2 Å². The summed E-state index contributed by atoms with van der Waals surface area (Å²) < 4.78 is 5.08. The zero-order valence-electron chi connectivity index (χ0n) is 8.17. The lowest BCUT2D eigenvalue weighted by molar-refractivity contribution is 0.143. The first-order valence-electron chi connectivity index (χ1n) is 4.40. The molecule has 8 heteroatoms. The topological polar surface area (TPSA) is 101 Å². The summed E-state index contributed by atoms with van der Waals surface area (Å²) in [7, 11) is 0. The molecule has 0 amide bonds. The highest BCUT2D eigenvalue weighted by Gasteiger charge is 2.10. The van der Waals surface area contributed by atoms with E-state index >= 15 is 0 Å². The molecule has 0 fully saturated rings. The van der Waals surface area contributed by atoms with Crippen LogP contribution < -0.4 is 16.0 Å². The van der Waals surface area contributed by atoms with Gasteiger partial charge in [-0.1, -0.05) is 0 Å². The molecule has 0 saturated heterocycles. The van der Waals surface area contributed by atoms with Gasteiger partial charge in [-0.3, -0.25) is 9.36 Å². The number of carbonyl (C=O) groups is 1. The van der Waals surface area contributed by atoms with Gasteiger partial charge in [0.15, 0.2) is 0 Å². The Balaban J connectivity index is 3.11. The molecule has 0 aliphatic rings. The van der Waals surface area contributed by atoms with Gasteiger partial charge in [0.2, 0.25) is 5.75 Å². The summed E-state index contributed by atoms with van der Waals surface area (Å²) in [6, 6.07) is 0. The van der Waals surface area contributed by atoms with Crippen molar-refractivity contribution in [2.24, 2.45) is 0 Å². The van der Waals surface area contributed by atoms with Crippen LogP contribution in [0.5, 0.6) is 5.75 Å². The van der Waals surface area contributed by atoms with Crippen LogP contribution in [0.15, 0.2) is 15.8 Å². The monoisotopic (exact) mass is 246 g/mol. The standard InChI is InChI=1S/C8H10N2O5S/c11-6-5(15-8(13)14)4-9-7(12)10(6)2-1-3-16/h4,16H,1-3H2,(H,9,12)(H,13,14). The summed E-state index contributed by atoms with van der Waals surface area (Å²) in [6.45, 7) is 0.161. The highest BCUT2D eigenvalue weighted by atomic mass is 32.1. The van der Waals surface area contributed by atoms with Gasteiger partial charge >= 0.3 is 11.8 Å². The van der Waals surface area contributed by atoms with Crippen LogP contribution in [0.2, 0.25) is 0 Å². The predicted molar refractivity (Wildman–Crippen MR) is 58.4 cm³/mol. The summed E-state index contributed by atoms with van der Waals surface area (Å²) in [5, 5.41) is 8.35. The fourth-order valence-corrected chi connectivity index (χ4v) is 1.23. The molecule has 0 atom stereocenters. The van der Waals surface area contributed by atoms with E-state index in [1.165, 1.54) is 0 Å². The highest BCUT2D eigenvalue weighted by Crippen LogP contribution is 1.98. The van der Waals surface area contributed by atoms with Gasteiger partial charge in [-0.15, -0.1) is 0 Å². The number of nitrogens with one attached hydrogen (secondary N) is 1. The molecule has 0 saturated carbocycles. The van der Waals surface area contributed by atoms with Crippen molar-refractivity contribution in [3.05, 3.63) is 27.0 Å². The summed E-state index contributed by atoms with van der Waals surface area (Å²) in [5.74, 6) is 0.0851. The molecule has 0 bridgehead atoms. The number of H-pyrrole nitrogens is 1. The Morgan fingerprint density at radius 3 is 2.81 bits per heavy atom. The van der Waals surface area contributed by atoms with Crippen LogP contribution in [0.1, 0.15) is 6.42 Å². The lowest BCUT2D eigenvalue weighted by Crippen LogP contribution is -2.35. The fourth-order valence-electron chi connectivity index (χ4n) is 1.09. The number of nitrogens with zero attached hydrogens (tertiary/aromatic N) is 1. The van der Waals surface area contributed by atoms with Crippen molar-refractivity contribution < 1.29 is 14.6 Å². The average Bonchev–Trinajstić information content (AvgIpc) is 2.22. The summed E-state index contributed by atoms with van der Waals surface area (Å²) >= 11 is 3.95. The zero-order valence-corrected chi connectivity index (χ0v) is 9.07. The number of ether oxygens (including phenoxy) is 1. The second-order valence-electron chi connectivity index (χ2n) is 2.86. The SMILES string of the molecule is O=C(O)Oc1c[nH]c(=O)n(CCCS)c1=O. The first-order valence-corrected chi connectivity index (χ1v) is 5.03. The molecule has 0 aliphatic carbocycles. The number of rotatable bonds is 4. The van der Waals surface area contributed by atoms with Gasteiger partial charge in [-0.25, -0.2) is 9.59 Å². The fraction of sp³-hybridized carbons (Fsp3) is 0.375. The lowest BCUT2D eigenvalue weighted by atomic mass is 10.4. The maximum atomic E-state index is 11.6. The predicted octanol–water partition coefficient (Wildman–Crippen LogP) is -0.0867. The Hall–Kier alpha value is -1.70. The minimum absolute atomic E-state index is 0.161. The van der Waals surface area contributed by atoms with Crippen molar-refractivity contribution in [3.63, 3.8) is 0 Å². The van der Waals surface area contributed by atoms with Gasteiger partial charge in [-0.2, -0.15) is 12.6 Å². The van der Waals surface area contributed by atoms with E-state index in [0.717, 1.165) is 10.8 Å². The van der Waals surface area contributed by atoms with E-state index in [0.29, 0.717) is 12.2 Å². The molecule has 2 N–H and O–H groups in total.